The first-order valence-corrected chi connectivity index (χ1v) is 15.3. The minimum absolute atomic E-state index is 0.00687. The first kappa shape index (κ1) is 31.2. The Morgan fingerprint density at radius 1 is 0.950 bits per heavy atom. The van der Waals surface area contributed by atoms with Gasteiger partial charge in [0.2, 0.25) is 21.8 Å². The van der Waals surface area contributed by atoms with E-state index in [1.165, 1.54) is 4.90 Å². The van der Waals surface area contributed by atoms with Gasteiger partial charge in [0.05, 0.1) is 11.9 Å². The maximum absolute atomic E-state index is 14.0. The summed E-state index contributed by atoms with van der Waals surface area (Å²) in [6.45, 7) is 3.07. The third kappa shape index (κ3) is 8.59. The monoisotopic (exact) mass is 635 g/mol. The number of carbonyl (C=O) groups excluding carboxylic acids is 2. The van der Waals surface area contributed by atoms with Crippen molar-refractivity contribution in [1.29, 1.82) is 0 Å². The third-order valence-electron chi connectivity index (χ3n) is 6.41. The normalized spacial score (nSPS) is 12.8. The van der Waals surface area contributed by atoms with Crippen LogP contribution in [0, 0.1) is 11.6 Å². The number of rotatable bonds is 12. The summed E-state index contributed by atoms with van der Waals surface area (Å²) in [7, 11) is -4.09. The predicted octanol–water partition coefficient (Wildman–Crippen LogP) is 5.05. The number of amides is 2. The highest BCUT2D eigenvalue weighted by molar-refractivity contribution is 9.10. The van der Waals surface area contributed by atoms with Crippen LogP contribution in [0.1, 0.15) is 31.4 Å². The van der Waals surface area contributed by atoms with Crippen LogP contribution in [0.2, 0.25) is 0 Å². The highest BCUT2D eigenvalue weighted by Crippen LogP contribution is 2.23. The first-order valence-electron chi connectivity index (χ1n) is 12.7. The summed E-state index contributed by atoms with van der Waals surface area (Å²) < 4.78 is 54.6. The lowest BCUT2D eigenvalue weighted by molar-refractivity contribution is -0.140. The summed E-state index contributed by atoms with van der Waals surface area (Å²) in [4.78, 5) is 28.9. The fourth-order valence-electron chi connectivity index (χ4n) is 4.04. The molecule has 0 aliphatic carbocycles. The van der Waals surface area contributed by atoms with Crippen LogP contribution >= 0.6 is 15.9 Å². The van der Waals surface area contributed by atoms with Crippen LogP contribution in [-0.4, -0.2) is 50.0 Å². The maximum atomic E-state index is 14.0. The minimum Gasteiger partial charge on any atom is -0.352 e. The lowest BCUT2D eigenvalue weighted by Gasteiger charge is -2.34. The molecule has 0 bridgehead atoms. The molecule has 40 heavy (non-hydrogen) atoms. The van der Waals surface area contributed by atoms with Crippen molar-refractivity contribution in [2.45, 2.75) is 45.3 Å². The molecule has 0 saturated heterocycles. The van der Waals surface area contributed by atoms with Crippen LogP contribution in [-0.2, 0) is 32.6 Å². The van der Waals surface area contributed by atoms with Crippen molar-refractivity contribution in [1.82, 2.24) is 10.2 Å². The summed E-state index contributed by atoms with van der Waals surface area (Å²) in [6, 6.07) is 17.8. The molecule has 0 aliphatic heterocycles. The number of benzene rings is 3. The van der Waals surface area contributed by atoms with Gasteiger partial charge < -0.3 is 10.2 Å². The largest absolute Gasteiger partial charge is 0.352 e. The van der Waals surface area contributed by atoms with Crippen molar-refractivity contribution < 1.29 is 26.8 Å². The maximum Gasteiger partial charge on any atom is 0.244 e. The average molecular weight is 637 g/mol. The average Bonchev–Trinajstić information content (AvgIpc) is 2.91. The quantitative estimate of drug-likeness (QED) is 0.302. The van der Waals surface area contributed by atoms with Gasteiger partial charge in [-0.1, -0.05) is 65.3 Å². The number of sulfonamides is 1. The zero-order chi connectivity index (χ0) is 29.4. The molecule has 2 atom stereocenters. The van der Waals surface area contributed by atoms with Crippen molar-refractivity contribution >= 4 is 43.5 Å². The Bertz CT molecular complexity index is 1420. The van der Waals surface area contributed by atoms with E-state index >= 15 is 0 Å². The molecule has 3 aromatic rings. The van der Waals surface area contributed by atoms with Crippen molar-refractivity contribution in [2.75, 3.05) is 17.1 Å². The number of nitrogens with zero attached hydrogens (tertiary/aromatic N) is 2. The number of halogens is 3. The number of carbonyl (C=O) groups is 2. The molecule has 1 N–H and O–H groups in total. The summed E-state index contributed by atoms with van der Waals surface area (Å²) in [6.07, 6.45) is 1.72. The van der Waals surface area contributed by atoms with E-state index in [2.05, 4.69) is 21.2 Å². The molecule has 0 unspecified atom stereocenters. The standard InChI is InChI=1S/C29H32BrF2N3O4S/c1-4-20(2)33-29(37)27(16-21-8-6-5-7-9-21)34(18-22-10-12-23(30)13-11-22)28(36)19-35(40(3,38)39)24-14-15-25(31)26(32)17-24/h5-15,17,20,27H,4,16,18-19H2,1-3H3,(H,33,37)/t20-,27-/m0/s1. The molecule has 0 heterocycles. The fraction of sp³-hybridized carbons (Fsp3) is 0.310. The Balaban J connectivity index is 2.06. The van der Waals surface area contributed by atoms with Gasteiger partial charge in [0.15, 0.2) is 11.6 Å². The highest BCUT2D eigenvalue weighted by atomic mass is 79.9. The van der Waals surface area contributed by atoms with Gasteiger partial charge in [-0.2, -0.15) is 0 Å². The topological polar surface area (TPSA) is 86.8 Å². The van der Waals surface area contributed by atoms with E-state index in [0.29, 0.717) is 16.3 Å². The Hall–Kier alpha value is -3.31. The van der Waals surface area contributed by atoms with Gasteiger partial charge in [0, 0.05) is 29.5 Å². The summed E-state index contributed by atoms with van der Waals surface area (Å²) in [5.41, 5.74) is 1.31. The van der Waals surface area contributed by atoms with E-state index < -0.39 is 40.2 Å². The number of nitrogens with one attached hydrogen (secondary N) is 1. The number of hydrogen-bond acceptors (Lipinski definition) is 4. The van der Waals surface area contributed by atoms with Crippen LogP contribution in [0.3, 0.4) is 0 Å². The van der Waals surface area contributed by atoms with E-state index in [1.807, 2.05) is 44.2 Å². The molecular formula is C29H32BrF2N3O4S. The van der Waals surface area contributed by atoms with Gasteiger partial charge in [-0.15, -0.1) is 0 Å². The van der Waals surface area contributed by atoms with E-state index in [0.717, 1.165) is 34.5 Å². The molecule has 11 heteroatoms. The van der Waals surface area contributed by atoms with Crippen molar-refractivity contribution in [3.05, 3.63) is 100 Å². The van der Waals surface area contributed by atoms with E-state index in [9.17, 15) is 26.8 Å². The smallest absolute Gasteiger partial charge is 0.244 e. The Morgan fingerprint density at radius 3 is 2.17 bits per heavy atom. The molecule has 0 radical (unpaired) electrons. The van der Waals surface area contributed by atoms with Crippen molar-refractivity contribution in [3.8, 4) is 0 Å². The first-order chi connectivity index (χ1) is 18.9. The van der Waals surface area contributed by atoms with Crippen LogP contribution in [0.25, 0.3) is 0 Å². The van der Waals surface area contributed by atoms with Crippen LogP contribution in [0.4, 0.5) is 14.5 Å². The minimum atomic E-state index is -4.09. The lowest BCUT2D eigenvalue weighted by Crippen LogP contribution is -2.54. The van der Waals surface area contributed by atoms with Crippen LogP contribution in [0.15, 0.2) is 77.3 Å². The zero-order valence-corrected chi connectivity index (χ0v) is 24.9. The Kier molecular flexibility index (Phi) is 10.8. The van der Waals surface area contributed by atoms with E-state index in [1.54, 1.807) is 24.3 Å². The van der Waals surface area contributed by atoms with Crippen LogP contribution in [0.5, 0.6) is 0 Å². The van der Waals surface area contributed by atoms with Gasteiger partial charge in [-0.25, -0.2) is 17.2 Å². The molecule has 0 aliphatic rings. The lowest BCUT2D eigenvalue weighted by atomic mass is 10.0. The summed E-state index contributed by atoms with van der Waals surface area (Å²) in [5, 5.41) is 2.95. The molecular weight excluding hydrogens is 604 g/mol. The fourth-order valence-corrected chi connectivity index (χ4v) is 5.14. The number of hydrogen-bond donors (Lipinski definition) is 1. The molecule has 3 rings (SSSR count). The molecule has 0 spiro atoms. The van der Waals surface area contributed by atoms with Gasteiger partial charge in [-0.3, -0.25) is 13.9 Å². The second-order valence-corrected chi connectivity index (χ2v) is 12.4. The van der Waals surface area contributed by atoms with Gasteiger partial charge in [-0.05, 0) is 48.7 Å². The second kappa shape index (κ2) is 13.8. The van der Waals surface area contributed by atoms with Crippen molar-refractivity contribution in [3.63, 3.8) is 0 Å². The van der Waals surface area contributed by atoms with Gasteiger partial charge >= 0.3 is 0 Å². The summed E-state index contributed by atoms with van der Waals surface area (Å²) >= 11 is 3.39. The third-order valence-corrected chi connectivity index (χ3v) is 8.08. The van der Waals surface area contributed by atoms with Gasteiger partial charge in [0.1, 0.15) is 12.6 Å². The molecule has 7 nitrogen and oxygen atoms in total. The molecule has 3 aromatic carbocycles. The van der Waals surface area contributed by atoms with E-state index in [-0.39, 0.29) is 30.6 Å². The molecule has 0 fully saturated rings. The molecule has 2 amide bonds. The SMILES string of the molecule is CC[C@H](C)NC(=O)[C@H](Cc1ccccc1)N(Cc1ccc(Br)cc1)C(=O)CN(c1ccc(F)c(F)c1)S(C)(=O)=O. The zero-order valence-electron chi connectivity index (χ0n) is 22.5. The Labute approximate surface area is 242 Å². The predicted molar refractivity (Wildman–Crippen MR) is 155 cm³/mol. The summed E-state index contributed by atoms with van der Waals surface area (Å²) in [5.74, 6) is -3.47. The van der Waals surface area contributed by atoms with Crippen molar-refractivity contribution in [2.24, 2.45) is 0 Å². The molecule has 0 saturated carbocycles. The number of anilines is 1. The van der Waals surface area contributed by atoms with E-state index in [4.69, 9.17) is 0 Å². The molecule has 214 valence electrons. The second-order valence-electron chi connectivity index (χ2n) is 9.54. The molecule has 0 aromatic heterocycles. The highest BCUT2D eigenvalue weighted by Gasteiger charge is 2.33. The Morgan fingerprint density at radius 2 is 1.60 bits per heavy atom. The van der Waals surface area contributed by atoms with Crippen LogP contribution < -0.4 is 9.62 Å². The van der Waals surface area contributed by atoms with Gasteiger partial charge in [0.25, 0.3) is 0 Å².